The van der Waals surface area contributed by atoms with Gasteiger partial charge in [0, 0.05) is 11.1 Å². The van der Waals surface area contributed by atoms with Gasteiger partial charge in [0.25, 0.3) is 0 Å². The molecule has 0 saturated carbocycles. The van der Waals surface area contributed by atoms with E-state index in [9.17, 15) is 19.2 Å². The van der Waals surface area contributed by atoms with Gasteiger partial charge in [0.05, 0.1) is 14.2 Å². The van der Waals surface area contributed by atoms with Gasteiger partial charge in [-0.05, 0) is 6.42 Å². The molecule has 6 nitrogen and oxygen atoms in total. The van der Waals surface area contributed by atoms with Crippen molar-refractivity contribution in [2.24, 2.45) is 11.8 Å². The van der Waals surface area contributed by atoms with Crippen molar-refractivity contribution >= 4 is 23.5 Å². The fraction of sp³-hybridized carbons (Fsp3) is 0.333. The van der Waals surface area contributed by atoms with Gasteiger partial charge in [-0.2, -0.15) is 0 Å². The molecule has 1 aliphatic carbocycles. The van der Waals surface area contributed by atoms with Crippen LogP contribution in [0.1, 0.15) is 27.1 Å². The summed E-state index contributed by atoms with van der Waals surface area (Å²) >= 11 is 0. The summed E-state index contributed by atoms with van der Waals surface area (Å²) in [6.45, 7) is 0. The summed E-state index contributed by atoms with van der Waals surface area (Å²) in [6, 6.07) is 6.12. The maximum atomic E-state index is 12.4. The second-order valence-electron chi connectivity index (χ2n) is 4.66. The van der Waals surface area contributed by atoms with Gasteiger partial charge in [-0.3, -0.25) is 19.2 Å². The number of esters is 2. The van der Waals surface area contributed by atoms with E-state index < -0.39 is 35.3 Å². The second kappa shape index (κ2) is 5.87. The molecule has 0 aliphatic heterocycles. The maximum Gasteiger partial charge on any atom is 0.316 e. The molecular formula is C15H14O6. The molecule has 2 atom stereocenters. The van der Waals surface area contributed by atoms with Crippen molar-refractivity contribution in [1.29, 1.82) is 0 Å². The second-order valence-corrected chi connectivity index (χ2v) is 4.66. The molecule has 21 heavy (non-hydrogen) atoms. The van der Waals surface area contributed by atoms with E-state index in [2.05, 4.69) is 9.47 Å². The number of hydrogen-bond donors (Lipinski definition) is 0. The van der Waals surface area contributed by atoms with Crippen LogP contribution in [0, 0.1) is 11.8 Å². The van der Waals surface area contributed by atoms with Crippen LogP contribution in [0.25, 0.3) is 0 Å². The third-order valence-electron chi connectivity index (χ3n) is 3.53. The largest absolute Gasteiger partial charge is 0.468 e. The number of fused-ring (bicyclic) bond motifs is 1. The van der Waals surface area contributed by atoms with Crippen molar-refractivity contribution in [2.45, 2.75) is 6.42 Å². The molecule has 1 aromatic rings. The quantitative estimate of drug-likeness (QED) is 0.459. The first-order valence-corrected chi connectivity index (χ1v) is 6.34. The summed E-state index contributed by atoms with van der Waals surface area (Å²) in [7, 11) is 2.31. The highest BCUT2D eigenvalue weighted by Gasteiger charge is 2.42. The van der Waals surface area contributed by atoms with Crippen molar-refractivity contribution < 1.29 is 28.7 Å². The highest BCUT2D eigenvalue weighted by Crippen LogP contribution is 2.29. The molecule has 0 amide bonds. The molecular weight excluding hydrogens is 276 g/mol. The monoisotopic (exact) mass is 290 g/mol. The van der Waals surface area contributed by atoms with E-state index in [0.717, 1.165) is 14.2 Å². The fourth-order valence-electron chi connectivity index (χ4n) is 2.43. The molecule has 2 rings (SSSR count). The number of Topliss-reactive ketones (excluding diaryl/α,β-unsaturated/α-hetero) is 2. The number of ketones is 2. The lowest BCUT2D eigenvalue weighted by molar-refractivity contribution is -0.146. The van der Waals surface area contributed by atoms with E-state index in [0.29, 0.717) is 0 Å². The van der Waals surface area contributed by atoms with Gasteiger partial charge in [0.1, 0.15) is 11.8 Å². The van der Waals surface area contributed by atoms with Crippen LogP contribution < -0.4 is 0 Å². The van der Waals surface area contributed by atoms with Gasteiger partial charge >= 0.3 is 11.9 Å². The lowest BCUT2D eigenvalue weighted by Gasteiger charge is -2.14. The first kappa shape index (κ1) is 14.9. The van der Waals surface area contributed by atoms with Crippen molar-refractivity contribution in [3.8, 4) is 0 Å². The number of rotatable bonds is 2. The lowest BCUT2D eigenvalue weighted by Crippen LogP contribution is -2.30. The Labute approximate surface area is 121 Å². The van der Waals surface area contributed by atoms with Crippen LogP contribution in [0.4, 0.5) is 0 Å². The van der Waals surface area contributed by atoms with Crippen LogP contribution in [0.3, 0.4) is 0 Å². The predicted octanol–water partition coefficient (Wildman–Crippen LogP) is 1.03. The molecule has 0 N–H and O–H groups in total. The summed E-state index contributed by atoms with van der Waals surface area (Å²) in [5, 5.41) is 0. The molecule has 0 fully saturated rings. The smallest absolute Gasteiger partial charge is 0.316 e. The van der Waals surface area contributed by atoms with E-state index in [-0.39, 0.29) is 17.5 Å². The number of carbonyl (C=O) groups is 4. The Hall–Kier alpha value is -2.50. The first-order chi connectivity index (χ1) is 10.0. The summed E-state index contributed by atoms with van der Waals surface area (Å²) in [6.07, 6.45) is -0.244. The van der Waals surface area contributed by atoms with E-state index in [1.807, 2.05) is 0 Å². The fourth-order valence-corrected chi connectivity index (χ4v) is 2.43. The van der Waals surface area contributed by atoms with E-state index >= 15 is 0 Å². The Morgan fingerprint density at radius 1 is 0.905 bits per heavy atom. The molecule has 6 heteroatoms. The maximum absolute atomic E-state index is 12.4. The van der Waals surface area contributed by atoms with E-state index in [4.69, 9.17) is 0 Å². The topological polar surface area (TPSA) is 86.7 Å². The van der Waals surface area contributed by atoms with Gasteiger partial charge in [-0.25, -0.2) is 0 Å². The van der Waals surface area contributed by atoms with Crippen LogP contribution in [-0.4, -0.2) is 37.7 Å². The third kappa shape index (κ3) is 2.56. The zero-order valence-electron chi connectivity index (χ0n) is 11.6. The molecule has 110 valence electrons. The minimum absolute atomic E-state index is 0.129. The van der Waals surface area contributed by atoms with Gasteiger partial charge in [-0.1, -0.05) is 24.3 Å². The minimum atomic E-state index is -1.19. The van der Waals surface area contributed by atoms with Gasteiger partial charge in [0.2, 0.25) is 0 Å². The van der Waals surface area contributed by atoms with Crippen LogP contribution >= 0.6 is 0 Å². The van der Waals surface area contributed by atoms with Crippen molar-refractivity contribution in [3.63, 3.8) is 0 Å². The Bertz CT molecular complexity index is 565. The standard InChI is InChI=1S/C15H14O6/c1-20-14(18)10-7-11(15(19)21-2)13(17)9-6-4-3-5-8(9)12(10)16/h3-6,10-11H,7H2,1-2H3/t10-,11-/m0/s1. The molecule has 0 radical (unpaired) electrons. The Balaban J connectivity index is 2.57. The highest BCUT2D eigenvalue weighted by molar-refractivity contribution is 6.20. The first-order valence-electron chi connectivity index (χ1n) is 6.34. The average molecular weight is 290 g/mol. The number of ether oxygens (including phenoxy) is 2. The van der Waals surface area contributed by atoms with E-state index in [1.165, 1.54) is 12.1 Å². The molecule has 0 unspecified atom stereocenters. The van der Waals surface area contributed by atoms with Crippen LogP contribution in [0.5, 0.6) is 0 Å². The number of hydrogen-bond acceptors (Lipinski definition) is 6. The molecule has 0 spiro atoms. The zero-order valence-corrected chi connectivity index (χ0v) is 11.6. The van der Waals surface area contributed by atoms with Gasteiger partial charge in [-0.15, -0.1) is 0 Å². The number of methoxy groups -OCH3 is 2. The zero-order chi connectivity index (χ0) is 15.6. The molecule has 1 aromatic carbocycles. The van der Waals surface area contributed by atoms with Crippen LogP contribution in [0.15, 0.2) is 24.3 Å². The molecule has 0 saturated heterocycles. The summed E-state index contributed by atoms with van der Waals surface area (Å²) in [5.74, 6) is -4.94. The Morgan fingerprint density at radius 2 is 1.29 bits per heavy atom. The number of carbonyl (C=O) groups excluding carboxylic acids is 4. The Kier molecular flexibility index (Phi) is 4.16. The average Bonchev–Trinajstić information content (AvgIpc) is 2.63. The SMILES string of the molecule is COC(=O)[C@H]1C[C@H](C(=O)OC)C(=O)c2ccccc2C1=O. The predicted molar refractivity (Wildman–Crippen MR) is 70.7 cm³/mol. The Morgan fingerprint density at radius 3 is 1.62 bits per heavy atom. The van der Waals surface area contributed by atoms with Crippen molar-refractivity contribution in [1.82, 2.24) is 0 Å². The third-order valence-corrected chi connectivity index (χ3v) is 3.53. The molecule has 0 bridgehead atoms. The van der Waals surface area contributed by atoms with Crippen LogP contribution in [0.2, 0.25) is 0 Å². The van der Waals surface area contributed by atoms with Gasteiger partial charge in [0.15, 0.2) is 11.6 Å². The number of benzene rings is 1. The molecule has 0 heterocycles. The molecule has 0 aromatic heterocycles. The van der Waals surface area contributed by atoms with Crippen molar-refractivity contribution in [3.05, 3.63) is 35.4 Å². The lowest BCUT2D eigenvalue weighted by atomic mass is 9.91. The van der Waals surface area contributed by atoms with E-state index in [1.54, 1.807) is 12.1 Å². The summed E-state index contributed by atoms with van der Waals surface area (Å²) < 4.78 is 9.21. The highest BCUT2D eigenvalue weighted by atomic mass is 16.5. The van der Waals surface area contributed by atoms with Gasteiger partial charge < -0.3 is 9.47 Å². The van der Waals surface area contributed by atoms with Crippen molar-refractivity contribution in [2.75, 3.05) is 14.2 Å². The van der Waals surface area contributed by atoms with Crippen LogP contribution in [-0.2, 0) is 19.1 Å². The molecule has 1 aliphatic rings. The summed E-state index contributed by atoms with van der Waals surface area (Å²) in [5.41, 5.74) is 0.258. The normalized spacial score (nSPS) is 21.2. The summed E-state index contributed by atoms with van der Waals surface area (Å²) in [4.78, 5) is 48.5. The minimum Gasteiger partial charge on any atom is -0.468 e.